The lowest BCUT2D eigenvalue weighted by molar-refractivity contribution is 0.0600. The summed E-state index contributed by atoms with van der Waals surface area (Å²) in [5.74, 6) is 0.457. The number of carbonyl (C=O) groups excluding carboxylic acids is 1. The van der Waals surface area contributed by atoms with Gasteiger partial charge in [0.1, 0.15) is 0 Å². The number of esters is 1. The van der Waals surface area contributed by atoms with Gasteiger partial charge in [-0.25, -0.2) is 9.79 Å². The van der Waals surface area contributed by atoms with E-state index < -0.39 is 0 Å². The first kappa shape index (κ1) is 21.0. The molecule has 0 radical (unpaired) electrons. The lowest BCUT2D eigenvalue weighted by atomic mass is 10.1. The summed E-state index contributed by atoms with van der Waals surface area (Å²) >= 11 is 0. The maximum atomic E-state index is 11.6. The number of ether oxygens (including phenoxy) is 1. The summed E-state index contributed by atoms with van der Waals surface area (Å²) in [4.78, 5) is 18.1. The zero-order valence-corrected chi connectivity index (χ0v) is 17.1. The molecule has 2 aromatic carbocycles. The fourth-order valence-corrected chi connectivity index (χ4v) is 2.21. The first-order valence-corrected chi connectivity index (χ1v) is 7.77. The van der Waals surface area contributed by atoms with E-state index in [1.165, 1.54) is 12.7 Å². The fourth-order valence-electron chi connectivity index (χ4n) is 2.21. The number of hydrogen-bond acceptors (Lipinski definition) is 3. The molecule has 0 unspecified atom stereocenters. The lowest BCUT2D eigenvalue weighted by Gasteiger charge is -2.17. The molecular weight excluding hydrogens is 429 g/mol. The van der Waals surface area contributed by atoms with Crippen LogP contribution >= 0.6 is 24.0 Å². The molecule has 0 aliphatic rings. The highest BCUT2D eigenvalue weighted by atomic mass is 127. The molecule has 1 N–H and O–H groups in total. The van der Waals surface area contributed by atoms with Gasteiger partial charge in [0.2, 0.25) is 0 Å². The van der Waals surface area contributed by atoms with Crippen LogP contribution < -0.4 is 5.32 Å². The average molecular weight is 453 g/mol. The molecule has 6 heteroatoms. The quantitative estimate of drug-likeness (QED) is 0.327. The fraction of sp³-hybridized carbons (Fsp3) is 0.263. The minimum absolute atomic E-state index is 0. The van der Waals surface area contributed by atoms with E-state index in [1.807, 2.05) is 49.3 Å². The van der Waals surface area contributed by atoms with Crippen LogP contribution in [-0.2, 0) is 17.8 Å². The number of hydrogen-bond donors (Lipinski definition) is 1. The number of nitrogens with zero attached hydrogens (tertiary/aromatic N) is 2. The Labute approximate surface area is 166 Å². The van der Waals surface area contributed by atoms with Gasteiger partial charge in [0.25, 0.3) is 0 Å². The van der Waals surface area contributed by atoms with E-state index in [2.05, 4.69) is 22.4 Å². The summed E-state index contributed by atoms with van der Waals surface area (Å²) in [6.07, 6.45) is 0. The van der Waals surface area contributed by atoms with Gasteiger partial charge in [0, 0.05) is 20.6 Å². The van der Waals surface area contributed by atoms with Crippen molar-refractivity contribution in [1.29, 1.82) is 0 Å². The normalized spacial score (nSPS) is 10.6. The summed E-state index contributed by atoms with van der Waals surface area (Å²) in [5, 5.41) is 3.34. The second-order valence-electron chi connectivity index (χ2n) is 5.57. The summed E-state index contributed by atoms with van der Waals surface area (Å²) in [7, 11) is 5.27. The lowest BCUT2D eigenvalue weighted by Crippen LogP contribution is -2.36. The van der Waals surface area contributed by atoms with Crippen LogP contribution in [0.25, 0.3) is 0 Å². The molecule has 2 aromatic rings. The number of nitrogens with one attached hydrogen (secondary N) is 1. The summed E-state index contributed by atoms with van der Waals surface area (Å²) < 4.78 is 4.75. The van der Waals surface area contributed by atoms with Crippen LogP contribution in [0.5, 0.6) is 0 Å². The second-order valence-corrected chi connectivity index (χ2v) is 5.57. The van der Waals surface area contributed by atoms with Gasteiger partial charge in [-0.05, 0) is 23.3 Å². The Morgan fingerprint density at radius 1 is 1.08 bits per heavy atom. The van der Waals surface area contributed by atoms with Crippen LogP contribution in [0.4, 0.5) is 0 Å². The standard InChI is InChI=1S/C19H23N3O2.HI/c1-22(2)19(20-13-15-8-5-4-6-9-15)21-14-16-10-7-11-17(12-16)18(23)24-3;/h4-12H,13-14H2,1-3H3,(H,20,21);1H. The van der Waals surface area contributed by atoms with E-state index >= 15 is 0 Å². The van der Waals surface area contributed by atoms with Gasteiger partial charge in [0.15, 0.2) is 5.96 Å². The largest absolute Gasteiger partial charge is 0.465 e. The third kappa shape index (κ3) is 6.74. The molecule has 0 bridgehead atoms. The zero-order valence-electron chi connectivity index (χ0n) is 14.7. The molecule has 0 aromatic heterocycles. The van der Waals surface area contributed by atoms with Crippen LogP contribution in [0.1, 0.15) is 21.5 Å². The molecule has 134 valence electrons. The predicted molar refractivity (Wildman–Crippen MR) is 111 cm³/mol. The Balaban J connectivity index is 0.00000312. The molecule has 0 saturated carbocycles. The molecule has 0 atom stereocenters. The highest BCUT2D eigenvalue weighted by molar-refractivity contribution is 14.0. The van der Waals surface area contributed by atoms with Gasteiger partial charge >= 0.3 is 5.97 Å². The van der Waals surface area contributed by atoms with Crippen LogP contribution in [0.3, 0.4) is 0 Å². The van der Waals surface area contributed by atoms with Gasteiger partial charge in [-0.15, -0.1) is 24.0 Å². The average Bonchev–Trinajstić information content (AvgIpc) is 2.61. The zero-order chi connectivity index (χ0) is 17.4. The molecule has 0 amide bonds. The van der Waals surface area contributed by atoms with Crippen molar-refractivity contribution in [1.82, 2.24) is 10.2 Å². The van der Waals surface area contributed by atoms with E-state index in [9.17, 15) is 4.79 Å². The Morgan fingerprint density at radius 3 is 2.40 bits per heavy atom. The van der Waals surface area contributed by atoms with Gasteiger partial charge in [-0.3, -0.25) is 0 Å². The molecule has 0 heterocycles. The number of benzene rings is 2. The molecular formula is C19H24IN3O2. The SMILES string of the molecule is COC(=O)c1cccc(CN=C(NCc2ccccc2)N(C)C)c1.I. The molecule has 0 saturated heterocycles. The summed E-state index contributed by atoms with van der Waals surface area (Å²) in [6, 6.07) is 17.5. The molecule has 0 aliphatic carbocycles. The van der Waals surface area contributed by atoms with E-state index in [1.54, 1.807) is 12.1 Å². The number of methoxy groups -OCH3 is 1. The Bertz CT molecular complexity index is 703. The van der Waals surface area contributed by atoms with Crippen LogP contribution in [0.15, 0.2) is 59.6 Å². The van der Waals surface area contributed by atoms with E-state index in [4.69, 9.17) is 4.74 Å². The number of halogens is 1. The maximum Gasteiger partial charge on any atom is 0.337 e. The highest BCUT2D eigenvalue weighted by Gasteiger charge is 2.06. The van der Waals surface area contributed by atoms with Crippen molar-refractivity contribution in [2.45, 2.75) is 13.1 Å². The monoisotopic (exact) mass is 453 g/mol. The van der Waals surface area contributed by atoms with Crippen LogP contribution in [-0.4, -0.2) is 38.0 Å². The van der Waals surface area contributed by atoms with Gasteiger partial charge < -0.3 is 15.0 Å². The molecule has 25 heavy (non-hydrogen) atoms. The first-order chi connectivity index (χ1) is 11.6. The second kappa shape index (κ2) is 10.7. The van der Waals surface area contributed by atoms with Gasteiger partial charge in [-0.1, -0.05) is 42.5 Å². The molecule has 2 rings (SSSR count). The Morgan fingerprint density at radius 2 is 1.76 bits per heavy atom. The summed E-state index contributed by atoms with van der Waals surface area (Å²) in [6.45, 7) is 1.19. The smallest absolute Gasteiger partial charge is 0.337 e. The van der Waals surface area contributed by atoms with Crippen molar-refractivity contribution >= 4 is 35.9 Å². The highest BCUT2D eigenvalue weighted by Crippen LogP contribution is 2.08. The van der Waals surface area contributed by atoms with Crippen LogP contribution in [0.2, 0.25) is 0 Å². The third-order valence-electron chi connectivity index (χ3n) is 3.48. The summed E-state index contributed by atoms with van der Waals surface area (Å²) in [5.41, 5.74) is 2.69. The van der Waals surface area contributed by atoms with Crippen molar-refractivity contribution in [3.63, 3.8) is 0 Å². The van der Waals surface area contributed by atoms with Crippen LogP contribution in [0, 0.1) is 0 Å². The van der Waals surface area contributed by atoms with E-state index in [-0.39, 0.29) is 29.9 Å². The van der Waals surface area contributed by atoms with E-state index in [0.717, 1.165) is 11.5 Å². The molecule has 0 fully saturated rings. The third-order valence-corrected chi connectivity index (χ3v) is 3.48. The number of carbonyl (C=O) groups is 1. The topological polar surface area (TPSA) is 53.9 Å². The van der Waals surface area contributed by atoms with Crippen molar-refractivity contribution in [2.24, 2.45) is 4.99 Å². The van der Waals surface area contributed by atoms with E-state index in [0.29, 0.717) is 18.7 Å². The molecule has 0 aliphatic heterocycles. The molecule has 0 spiro atoms. The first-order valence-electron chi connectivity index (χ1n) is 7.77. The number of guanidine groups is 1. The van der Waals surface area contributed by atoms with Crippen molar-refractivity contribution < 1.29 is 9.53 Å². The van der Waals surface area contributed by atoms with Crippen molar-refractivity contribution in [2.75, 3.05) is 21.2 Å². The minimum atomic E-state index is -0.337. The Hall–Kier alpha value is -2.09. The maximum absolute atomic E-state index is 11.6. The minimum Gasteiger partial charge on any atom is -0.465 e. The predicted octanol–water partition coefficient (Wildman–Crippen LogP) is 3.30. The van der Waals surface area contributed by atoms with Gasteiger partial charge in [0.05, 0.1) is 19.2 Å². The van der Waals surface area contributed by atoms with Crippen molar-refractivity contribution in [3.05, 3.63) is 71.3 Å². The molecule has 5 nitrogen and oxygen atoms in total. The Kier molecular flexibility index (Phi) is 8.98. The number of aliphatic imine (C=N–C) groups is 1. The van der Waals surface area contributed by atoms with Gasteiger partial charge in [-0.2, -0.15) is 0 Å². The van der Waals surface area contributed by atoms with Crippen molar-refractivity contribution in [3.8, 4) is 0 Å². The number of rotatable bonds is 5.